The quantitative estimate of drug-likeness (QED) is 0.340. The number of nitrogens with one attached hydrogen (secondary N) is 1. The van der Waals surface area contributed by atoms with E-state index in [2.05, 4.69) is 17.2 Å². The van der Waals surface area contributed by atoms with Crippen molar-refractivity contribution in [2.24, 2.45) is 16.7 Å². The molecule has 35 heavy (non-hydrogen) atoms. The molecule has 1 heterocycles. The number of rotatable bonds is 7. The molecule has 9 heteroatoms. The lowest BCUT2D eigenvalue weighted by molar-refractivity contribution is -0.332. The summed E-state index contributed by atoms with van der Waals surface area (Å²) in [7, 11) is 0. The van der Waals surface area contributed by atoms with Crippen LogP contribution in [0.25, 0.3) is 0 Å². The summed E-state index contributed by atoms with van der Waals surface area (Å²) in [6.07, 6.45) is 1.08. The molecule has 9 nitrogen and oxygen atoms in total. The number of fused-ring (bicyclic) bond motifs is 1. The van der Waals surface area contributed by atoms with Crippen molar-refractivity contribution in [1.29, 1.82) is 0 Å². The van der Waals surface area contributed by atoms with Crippen LogP contribution in [0, 0.1) is 28.6 Å². The molecule has 190 valence electrons. The van der Waals surface area contributed by atoms with Crippen molar-refractivity contribution in [1.82, 2.24) is 5.23 Å². The predicted molar refractivity (Wildman–Crippen MR) is 128 cm³/mol. The first-order valence-corrected chi connectivity index (χ1v) is 11.5. The maximum Gasteiger partial charge on any atom is 0.334 e. The summed E-state index contributed by atoms with van der Waals surface area (Å²) in [5.74, 6) is 3.12. The first-order valence-electron chi connectivity index (χ1n) is 11.5. The molecule has 1 atom stereocenters. The Morgan fingerprint density at radius 1 is 1.09 bits per heavy atom. The first-order chi connectivity index (χ1) is 16.2. The summed E-state index contributed by atoms with van der Waals surface area (Å²) in [5.41, 5.74) is 0.690. The Hall–Kier alpha value is -3.38. The van der Waals surface area contributed by atoms with E-state index in [0.29, 0.717) is 30.5 Å². The van der Waals surface area contributed by atoms with Gasteiger partial charge in [0.1, 0.15) is 0 Å². The molecule has 0 saturated heterocycles. The number of hydrogen-bond donors (Lipinski definition) is 2. The summed E-state index contributed by atoms with van der Waals surface area (Å²) in [5, 5.41) is 12.6. The maximum absolute atomic E-state index is 12.3. The third-order valence-electron chi connectivity index (χ3n) is 5.10. The topological polar surface area (TPSA) is 122 Å². The normalized spacial score (nSPS) is 15.4. The Bertz CT molecular complexity index is 1010. The molecule has 2 N–H and O–H groups in total. The van der Waals surface area contributed by atoms with Crippen LogP contribution in [0.2, 0.25) is 0 Å². The third-order valence-corrected chi connectivity index (χ3v) is 5.10. The highest BCUT2D eigenvalue weighted by Gasteiger charge is 2.31. The van der Waals surface area contributed by atoms with Crippen LogP contribution in [0.5, 0.6) is 0 Å². The number of hydrogen-bond acceptors (Lipinski definition) is 7. The number of benzene rings is 1. The minimum Gasteiger partial charge on any atom is -0.481 e. The second kappa shape index (κ2) is 11.4. The molecule has 0 aliphatic carbocycles. The molecule has 1 aromatic carbocycles. The Morgan fingerprint density at radius 3 is 2.23 bits per heavy atom. The number of anilines is 1. The third kappa shape index (κ3) is 8.72. The zero-order chi connectivity index (χ0) is 26.4. The second-order valence-electron chi connectivity index (χ2n) is 10.6. The molecule has 1 unspecified atom stereocenters. The van der Waals surface area contributed by atoms with E-state index in [1.165, 1.54) is 0 Å². The highest BCUT2D eigenvalue weighted by Crippen LogP contribution is 2.28. The van der Waals surface area contributed by atoms with Crippen LogP contribution < -0.4 is 5.32 Å². The fraction of sp³-hybridized carbons (Fsp3) is 0.538. The first kappa shape index (κ1) is 27.9. The van der Waals surface area contributed by atoms with Crippen LogP contribution in [-0.4, -0.2) is 40.7 Å². The number of amides is 1. The van der Waals surface area contributed by atoms with Crippen molar-refractivity contribution >= 4 is 29.5 Å². The Morgan fingerprint density at radius 2 is 1.69 bits per heavy atom. The molecule has 0 bridgehead atoms. The SMILES string of the molecule is CC(C)(C)C(=O)ON(CCCC#Cc1ccc2c(c1)NC(=O)C(CC(=O)O)C2)OC(=O)C(C)(C)C. The van der Waals surface area contributed by atoms with E-state index in [1.54, 1.807) is 47.6 Å². The van der Waals surface area contributed by atoms with Gasteiger partial charge < -0.3 is 20.1 Å². The van der Waals surface area contributed by atoms with Crippen molar-refractivity contribution in [2.75, 3.05) is 11.9 Å². The van der Waals surface area contributed by atoms with E-state index in [-0.39, 0.29) is 18.9 Å². The predicted octanol–water partition coefficient (Wildman–Crippen LogP) is 3.71. The van der Waals surface area contributed by atoms with Crippen molar-refractivity contribution < 1.29 is 34.0 Å². The molecule has 1 aliphatic rings. The number of carbonyl (C=O) groups is 4. The second-order valence-corrected chi connectivity index (χ2v) is 10.6. The van der Waals surface area contributed by atoms with E-state index in [0.717, 1.165) is 10.8 Å². The minimum absolute atomic E-state index is 0.156. The van der Waals surface area contributed by atoms with Crippen LogP contribution in [0.4, 0.5) is 5.69 Å². The molecule has 0 saturated carbocycles. The van der Waals surface area contributed by atoms with Gasteiger partial charge in [-0.25, -0.2) is 9.59 Å². The maximum atomic E-state index is 12.3. The van der Waals surface area contributed by atoms with Crippen LogP contribution in [0.1, 0.15) is 71.9 Å². The van der Waals surface area contributed by atoms with Gasteiger partial charge in [0.2, 0.25) is 5.91 Å². The zero-order valence-electron chi connectivity index (χ0n) is 21.2. The smallest absolute Gasteiger partial charge is 0.334 e. The number of carboxylic acid groups (broad SMARTS) is 1. The summed E-state index contributed by atoms with van der Waals surface area (Å²) < 4.78 is 0. The molecule has 2 rings (SSSR count). The molecular formula is C26H34N2O7. The van der Waals surface area contributed by atoms with E-state index < -0.39 is 34.7 Å². The highest BCUT2D eigenvalue weighted by molar-refractivity contribution is 5.97. The zero-order valence-corrected chi connectivity index (χ0v) is 21.2. The minimum atomic E-state index is -1.00. The Kier molecular flexibility index (Phi) is 9.05. The van der Waals surface area contributed by atoms with Gasteiger partial charge in [-0.15, -0.1) is 0 Å². The van der Waals surface area contributed by atoms with E-state index in [4.69, 9.17) is 14.8 Å². The Labute approximate surface area is 206 Å². The number of unbranched alkanes of at least 4 members (excludes halogenated alkanes) is 1. The monoisotopic (exact) mass is 486 g/mol. The van der Waals surface area contributed by atoms with Gasteiger partial charge in [0.05, 0.1) is 29.7 Å². The summed E-state index contributed by atoms with van der Waals surface area (Å²) in [6.45, 7) is 10.4. The molecule has 1 amide bonds. The lowest BCUT2D eigenvalue weighted by Crippen LogP contribution is -2.38. The van der Waals surface area contributed by atoms with Crippen LogP contribution in [0.15, 0.2) is 18.2 Å². The van der Waals surface area contributed by atoms with E-state index >= 15 is 0 Å². The molecular weight excluding hydrogens is 452 g/mol. The number of carboxylic acids is 1. The lowest BCUT2D eigenvalue weighted by Gasteiger charge is -2.26. The fourth-order valence-electron chi connectivity index (χ4n) is 2.95. The molecule has 0 fully saturated rings. The molecule has 1 aliphatic heterocycles. The Balaban J connectivity index is 1.97. The number of carbonyl (C=O) groups excluding carboxylic acids is 3. The van der Waals surface area contributed by atoms with Gasteiger partial charge in [-0.3, -0.25) is 9.59 Å². The molecule has 1 aromatic rings. The standard InChI is InChI=1S/C26H34N2O7/c1-25(2,3)23(32)34-28(35-24(33)26(4,5)6)13-9-7-8-10-17-11-12-18-15-19(16-21(29)30)22(31)27-20(18)14-17/h11-12,14,19H,7,9,13,15-16H2,1-6H3,(H,27,31)(H,29,30). The molecule has 0 spiro atoms. The van der Waals surface area contributed by atoms with Gasteiger partial charge >= 0.3 is 17.9 Å². The van der Waals surface area contributed by atoms with Crippen molar-refractivity contribution in [2.45, 2.75) is 67.2 Å². The molecule has 0 radical (unpaired) electrons. The van der Waals surface area contributed by atoms with E-state index in [1.807, 2.05) is 12.1 Å². The average Bonchev–Trinajstić information content (AvgIpc) is 2.72. The van der Waals surface area contributed by atoms with E-state index in [9.17, 15) is 19.2 Å². The van der Waals surface area contributed by atoms with Gasteiger partial charge in [-0.05, 0) is 72.1 Å². The van der Waals surface area contributed by atoms with Gasteiger partial charge in [-0.1, -0.05) is 17.9 Å². The number of aliphatic carboxylic acids is 1. The lowest BCUT2D eigenvalue weighted by atomic mass is 9.90. The largest absolute Gasteiger partial charge is 0.481 e. The summed E-state index contributed by atoms with van der Waals surface area (Å²) in [4.78, 5) is 58.1. The fourth-order valence-corrected chi connectivity index (χ4v) is 2.95. The van der Waals surface area contributed by atoms with Crippen molar-refractivity contribution in [3.05, 3.63) is 29.3 Å². The van der Waals surface area contributed by atoms with Crippen LogP contribution in [-0.2, 0) is 35.3 Å². The van der Waals surface area contributed by atoms with Gasteiger partial charge in [-0.2, -0.15) is 0 Å². The number of hydroxylamine groups is 2. The summed E-state index contributed by atoms with van der Waals surface area (Å²) in [6, 6.07) is 5.43. The van der Waals surface area contributed by atoms with Crippen molar-refractivity contribution in [3.8, 4) is 11.8 Å². The average molecular weight is 487 g/mol. The highest BCUT2D eigenvalue weighted by atomic mass is 17.0. The summed E-state index contributed by atoms with van der Waals surface area (Å²) >= 11 is 0. The number of nitrogens with zero attached hydrogens (tertiary/aromatic N) is 1. The molecule has 0 aromatic heterocycles. The van der Waals surface area contributed by atoms with Crippen LogP contribution in [0.3, 0.4) is 0 Å². The van der Waals surface area contributed by atoms with Gasteiger partial charge in [0, 0.05) is 22.9 Å². The van der Waals surface area contributed by atoms with Gasteiger partial charge in [0.15, 0.2) is 0 Å². The van der Waals surface area contributed by atoms with Crippen molar-refractivity contribution in [3.63, 3.8) is 0 Å². The van der Waals surface area contributed by atoms with Crippen LogP contribution >= 0.6 is 0 Å². The van der Waals surface area contributed by atoms with Gasteiger partial charge in [0.25, 0.3) is 0 Å².